The van der Waals surface area contributed by atoms with E-state index in [-0.39, 0.29) is 40.1 Å². The minimum Gasteiger partial charge on any atom is -0.549 e. The zero-order valence-electron chi connectivity index (χ0n) is 21.7. The van der Waals surface area contributed by atoms with Crippen molar-refractivity contribution in [3.63, 3.8) is 0 Å². The van der Waals surface area contributed by atoms with Crippen molar-refractivity contribution in [1.82, 2.24) is 0 Å². The van der Waals surface area contributed by atoms with E-state index >= 15 is 0 Å². The Bertz CT molecular complexity index is 640. The molecule has 34 heavy (non-hydrogen) atoms. The highest BCUT2D eigenvalue weighted by atomic mass is 32.2. The first-order valence-electron chi connectivity index (χ1n) is 8.72. The van der Waals surface area contributed by atoms with Crippen LogP contribution in [0.4, 0.5) is 0 Å². The molecule has 0 saturated heterocycles. The van der Waals surface area contributed by atoms with Gasteiger partial charge in [0.25, 0.3) is 0 Å². The maximum absolute atomic E-state index is 10.2. The Labute approximate surface area is 211 Å². The van der Waals surface area contributed by atoms with Gasteiger partial charge >= 0.3 is 0 Å². The molecule has 0 unspecified atom stereocenters. The molecule has 0 aromatic carbocycles. The van der Waals surface area contributed by atoms with E-state index in [0.29, 0.717) is 18.1 Å². The minimum absolute atomic E-state index is 0. The summed E-state index contributed by atoms with van der Waals surface area (Å²) in [4.78, 5) is 0. The molecule has 0 bridgehead atoms. The van der Waals surface area contributed by atoms with Gasteiger partial charge in [0.1, 0.15) is 29.5 Å². The fourth-order valence-corrected chi connectivity index (χ4v) is 3.43. The molecule has 0 aliphatic heterocycles. The van der Waals surface area contributed by atoms with Crippen LogP contribution in [-0.4, -0.2) is 112 Å². The topological polar surface area (TPSA) is 223 Å². The van der Waals surface area contributed by atoms with E-state index in [2.05, 4.69) is 4.72 Å². The van der Waals surface area contributed by atoms with Crippen molar-refractivity contribution in [2.45, 2.75) is 41.0 Å². The molecule has 12 nitrogen and oxygen atoms in total. The predicted octanol–water partition coefficient (Wildman–Crippen LogP) is 0.565. The van der Waals surface area contributed by atoms with E-state index in [1.807, 2.05) is 13.8 Å². The van der Waals surface area contributed by atoms with Gasteiger partial charge in [-0.15, -0.1) is 6.54 Å². The number of aliphatic hydroxyl groups excluding tert-OH is 2. The van der Waals surface area contributed by atoms with Crippen LogP contribution < -0.4 is 0 Å². The monoisotopic (exact) mass is 586 g/mol. The lowest BCUT2D eigenvalue weighted by Crippen LogP contribution is -2.05. The number of sulfonamides is 1. The van der Waals surface area contributed by atoms with Crippen LogP contribution in [0.2, 0.25) is 0 Å². The molecule has 0 amide bonds. The van der Waals surface area contributed by atoms with Gasteiger partial charge in [-0.1, -0.05) is 28.2 Å². The normalized spacial score (nSPS) is 9.82. The Morgan fingerprint density at radius 1 is 0.618 bits per heavy atom. The summed E-state index contributed by atoms with van der Waals surface area (Å²) in [7, 11) is -10.3. The van der Waals surface area contributed by atoms with Crippen LogP contribution in [0.25, 0.3) is 4.72 Å². The standard InChI is InChI=1S/2C4H10O2S.C3H8NO2S.C3H8O3S.CH4O.CH4.2CH3.H2O/c3*1-3-4-7(2,5)6;1-7(5,6)3-2-4;1-2;;;;/h2*3-4H2,1-2H3;3H2,1-2H3;4H,2-3H2,1H3;2H,1H3;1H4;2*1H3;1H2/q;;-1;;;;2*+1;. The van der Waals surface area contributed by atoms with Crippen molar-refractivity contribution >= 4 is 39.5 Å². The van der Waals surface area contributed by atoms with Gasteiger partial charge in [0, 0.05) is 58.5 Å². The summed E-state index contributed by atoms with van der Waals surface area (Å²) in [5.41, 5.74) is 0. The lowest BCUT2D eigenvalue weighted by atomic mass is 10.6. The molecule has 0 aliphatic rings. The second-order valence-electron chi connectivity index (χ2n) is 5.79. The molecule has 218 valence electrons. The number of hydrogen-bond donors (Lipinski definition) is 2. The third-order valence-electron chi connectivity index (χ3n) is 1.98. The molecular weight excluding hydrogens is 534 g/mol. The van der Waals surface area contributed by atoms with E-state index in [1.54, 1.807) is 6.92 Å². The summed E-state index contributed by atoms with van der Waals surface area (Å²) in [6.07, 6.45) is 6.10. The number of aliphatic hydroxyl groups is 2. The fourth-order valence-electron chi connectivity index (χ4n) is 1.14. The molecule has 0 heterocycles. The second-order valence-corrected chi connectivity index (χ2v) is 14.3. The van der Waals surface area contributed by atoms with Crippen LogP contribution in [0.15, 0.2) is 0 Å². The third-order valence-corrected chi connectivity index (χ3v) is 5.93. The molecule has 0 aliphatic carbocycles. The molecule has 0 radical (unpaired) electrons. The van der Waals surface area contributed by atoms with Crippen LogP contribution >= 0.6 is 0 Å². The molecule has 0 aromatic rings. The number of nitrogens with zero attached hydrogens (tertiary/aromatic N) is 1. The Balaban J connectivity index is -0.0000000329. The van der Waals surface area contributed by atoms with Crippen molar-refractivity contribution in [2.75, 3.05) is 62.5 Å². The third kappa shape index (κ3) is 122. The summed E-state index contributed by atoms with van der Waals surface area (Å²) in [5, 5.41) is 15.0. The largest absolute Gasteiger partial charge is 0.549 e. The summed E-state index contributed by atoms with van der Waals surface area (Å²) >= 11 is 0. The Kier molecular flexibility index (Phi) is 56.1. The van der Waals surface area contributed by atoms with Crippen LogP contribution in [0.5, 0.6) is 0 Å². The summed E-state index contributed by atoms with van der Waals surface area (Å²) in [5.74, 6) is 0.493. The summed E-state index contributed by atoms with van der Waals surface area (Å²) in [6, 6.07) is 0. The van der Waals surface area contributed by atoms with Crippen molar-refractivity contribution in [1.29, 1.82) is 0 Å². The Hall–Kier alpha value is -0.620. The van der Waals surface area contributed by atoms with E-state index in [1.165, 1.54) is 12.5 Å². The summed E-state index contributed by atoms with van der Waals surface area (Å²) in [6.45, 7) is 5.45. The van der Waals surface area contributed by atoms with Gasteiger partial charge in [-0.05, 0) is 12.8 Å². The quantitative estimate of drug-likeness (QED) is 0.376. The predicted molar refractivity (Wildman–Crippen MR) is 147 cm³/mol. The Morgan fingerprint density at radius 3 is 0.853 bits per heavy atom. The van der Waals surface area contributed by atoms with Gasteiger partial charge in [-0.2, -0.15) is 0 Å². The molecule has 0 atom stereocenters. The molecule has 0 fully saturated rings. The molecule has 0 spiro atoms. The van der Waals surface area contributed by atoms with Gasteiger partial charge < -0.3 is 20.4 Å². The van der Waals surface area contributed by atoms with Gasteiger partial charge in [0.15, 0.2) is 0 Å². The molecule has 4 N–H and O–H groups in total. The second kappa shape index (κ2) is 32.4. The molecule has 0 saturated carbocycles. The van der Waals surface area contributed by atoms with Crippen molar-refractivity contribution < 1.29 is 49.4 Å². The first-order valence-corrected chi connectivity index (χ1v) is 16.7. The highest BCUT2D eigenvalue weighted by molar-refractivity contribution is 7.93. The van der Waals surface area contributed by atoms with Gasteiger partial charge in [-0.25, -0.2) is 33.7 Å². The van der Waals surface area contributed by atoms with E-state index < -0.39 is 39.5 Å². The lowest BCUT2D eigenvalue weighted by molar-refractivity contribution is 0.320. The van der Waals surface area contributed by atoms with Gasteiger partial charge in [-0.3, -0.25) is 0 Å². The van der Waals surface area contributed by atoms with Crippen molar-refractivity contribution in [2.24, 2.45) is 0 Å². The zero-order chi connectivity index (χ0) is 25.7. The molecule has 0 rings (SSSR count). The minimum atomic E-state index is -3.05. The van der Waals surface area contributed by atoms with Crippen LogP contribution in [0, 0.1) is 14.9 Å². The first kappa shape index (κ1) is 58.9. The van der Waals surface area contributed by atoms with Crippen LogP contribution in [-0.2, 0) is 39.5 Å². The number of hydrogen-bond acceptors (Lipinski definition) is 10. The first-order chi connectivity index (χ1) is 13.2. The molecule has 0 aromatic heterocycles. The van der Waals surface area contributed by atoms with E-state index in [9.17, 15) is 33.7 Å². The number of rotatable bonds is 8. The van der Waals surface area contributed by atoms with Crippen molar-refractivity contribution in [3.8, 4) is 0 Å². The molecule has 16 heteroatoms. The number of sulfone groups is 3. The van der Waals surface area contributed by atoms with E-state index in [0.717, 1.165) is 32.5 Å². The van der Waals surface area contributed by atoms with Crippen LogP contribution in [0.1, 0.15) is 41.0 Å². The van der Waals surface area contributed by atoms with Gasteiger partial charge in [0.2, 0.25) is 0 Å². The SMILES string of the molecule is C.CCCS(C)(=O)=O.CCCS(C)(=O)=O.CC[N-]S(C)(=O)=O.CO.CS(=O)(=O)CCO.O.[CH3+].[CH3+]. The average molecular weight is 587 g/mol. The average Bonchev–Trinajstić information content (AvgIpc) is 2.46. The zero-order valence-corrected chi connectivity index (χ0v) is 25.0. The van der Waals surface area contributed by atoms with Crippen molar-refractivity contribution in [3.05, 3.63) is 19.6 Å². The Morgan fingerprint density at radius 2 is 0.853 bits per heavy atom. The summed E-state index contributed by atoms with van der Waals surface area (Å²) < 4.78 is 84.4. The van der Waals surface area contributed by atoms with E-state index in [4.69, 9.17) is 10.2 Å². The highest BCUT2D eigenvalue weighted by Gasteiger charge is 1.97. The molecular formula is C18H52NO11S4+. The highest BCUT2D eigenvalue weighted by Crippen LogP contribution is 1.92. The maximum Gasteiger partial charge on any atom is 0.149 e. The maximum atomic E-state index is 10.2. The fraction of sp³-hybridized carbons (Fsp3) is 0.889. The lowest BCUT2D eigenvalue weighted by Gasteiger charge is -2.10. The smallest absolute Gasteiger partial charge is 0.149 e. The van der Waals surface area contributed by atoms with Crippen LogP contribution in [0.3, 0.4) is 0 Å². The van der Waals surface area contributed by atoms with Gasteiger partial charge in [0.05, 0.1) is 22.4 Å².